The lowest BCUT2D eigenvalue weighted by molar-refractivity contribution is 0.502. The Morgan fingerprint density at radius 3 is 2.40 bits per heavy atom. The summed E-state index contributed by atoms with van der Waals surface area (Å²) >= 11 is 3.59. The summed E-state index contributed by atoms with van der Waals surface area (Å²) in [6.07, 6.45) is 1.20. The predicted molar refractivity (Wildman–Crippen MR) is 68.0 cm³/mol. The molecule has 1 aromatic rings. The third kappa shape index (κ3) is 1.55. The monoisotopic (exact) mass is 267 g/mol. The zero-order valence-corrected chi connectivity index (χ0v) is 11.2. The number of hydrogen-bond acceptors (Lipinski definition) is 1. The molecule has 1 fully saturated rings. The van der Waals surface area contributed by atoms with Gasteiger partial charge in [-0.1, -0.05) is 41.9 Å². The van der Waals surface area contributed by atoms with Gasteiger partial charge in [-0.25, -0.2) is 0 Å². The maximum Gasteiger partial charge on any atom is 0.0207 e. The molecule has 0 spiro atoms. The van der Waals surface area contributed by atoms with Crippen molar-refractivity contribution >= 4 is 15.9 Å². The van der Waals surface area contributed by atoms with E-state index < -0.39 is 0 Å². The smallest absolute Gasteiger partial charge is 0.0207 e. The van der Waals surface area contributed by atoms with Crippen LogP contribution in [0.3, 0.4) is 0 Å². The lowest BCUT2D eigenvalue weighted by Crippen LogP contribution is -2.25. The third-order valence-corrected chi connectivity index (χ3v) is 4.84. The quantitative estimate of drug-likeness (QED) is 0.874. The van der Waals surface area contributed by atoms with E-state index in [-0.39, 0.29) is 5.41 Å². The minimum absolute atomic E-state index is 0.212. The van der Waals surface area contributed by atoms with Crippen molar-refractivity contribution in [2.24, 2.45) is 11.1 Å². The van der Waals surface area contributed by atoms with Crippen LogP contribution in [0.1, 0.15) is 31.4 Å². The van der Waals surface area contributed by atoms with Crippen LogP contribution in [0.15, 0.2) is 22.7 Å². The highest BCUT2D eigenvalue weighted by molar-refractivity contribution is 9.10. The normalized spacial score (nSPS) is 27.8. The maximum atomic E-state index is 5.95. The molecular formula is C13H18BrN. The van der Waals surface area contributed by atoms with Crippen LogP contribution in [0.4, 0.5) is 0 Å². The summed E-state index contributed by atoms with van der Waals surface area (Å²) in [6, 6.07) is 6.63. The van der Waals surface area contributed by atoms with Gasteiger partial charge in [0, 0.05) is 16.4 Å². The number of nitrogens with two attached hydrogens (primary N) is 1. The highest BCUT2D eigenvalue weighted by Crippen LogP contribution is 2.63. The molecule has 0 heterocycles. The van der Waals surface area contributed by atoms with Crippen molar-refractivity contribution in [2.75, 3.05) is 6.54 Å². The van der Waals surface area contributed by atoms with Crippen molar-refractivity contribution in [3.63, 3.8) is 0 Å². The SMILES string of the molecule is Cc1ccc(C2(CN)CC2(C)C)cc1Br. The fraction of sp³-hybridized carbons (Fsp3) is 0.538. The van der Waals surface area contributed by atoms with Crippen LogP contribution in [0, 0.1) is 12.3 Å². The number of benzene rings is 1. The Morgan fingerprint density at radius 2 is 2.00 bits per heavy atom. The standard InChI is InChI=1S/C13H18BrN/c1-9-4-5-10(6-11(9)14)13(8-15)7-12(13,2)3/h4-6H,7-8,15H2,1-3H3. The Labute approximate surface area is 100 Å². The summed E-state index contributed by atoms with van der Waals surface area (Å²) in [7, 11) is 0. The zero-order valence-electron chi connectivity index (χ0n) is 9.60. The molecule has 15 heavy (non-hydrogen) atoms. The molecule has 0 amide bonds. The average molecular weight is 268 g/mol. The molecule has 1 atom stereocenters. The van der Waals surface area contributed by atoms with E-state index in [2.05, 4.69) is 54.9 Å². The molecule has 0 saturated heterocycles. The Balaban J connectivity index is 2.42. The molecule has 0 aromatic heterocycles. The highest BCUT2D eigenvalue weighted by Gasteiger charge is 2.60. The molecule has 1 unspecified atom stereocenters. The molecule has 2 N–H and O–H groups in total. The van der Waals surface area contributed by atoms with Gasteiger partial charge in [0.15, 0.2) is 0 Å². The minimum atomic E-state index is 0.212. The molecule has 1 saturated carbocycles. The van der Waals surface area contributed by atoms with Gasteiger partial charge >= 0.3 is 0 Å². The van der Waals surface area contributed by atoms with Gasteiger partial charge in [-0.05, 0) is 36.0 Å². The Hall–Kier alpha value is -0.340. The van der Waals surface area contributed by atoms with Crippen LogP contribution in [0.25, 0.3) is 0 Å². The van der Waals surface area contributed by atoms with Gasteiger partial charge in [0.25, 0.3) is 0 Å². The zero-order chi connectivity index (χ0) is 11.3. The van der Waals surface area contributed by atoms with Crippen molar-refractivity contribution in [2.45, 2.75) is 32.6 Å². The van der Waals surface area contributed by atoms with Crippen LogP contribution in [-0.2, 0) is 5.41 Å². The second-order valence-corrected chi connectivity index (χ2v) is 6.17. The highest BCUT2D eigenvalue weighted by atomic mass is 79.9. The summed E-state index contributed by atoms with van der Waals surface area (Å²) in [5, 5.41) is 0. The first kappa shape index (κ1) is 11.2. The molecule has 1 aliphatic carbocycles. The molecule has 82 valence electrons. The van der Waals surface area contributed by atoms with Crippen LogP contribution in [0.5, 0.6) is 0 Å². The van der Waals surface area contributed by atoms with E-state index in [4.69, 9.17) is 5.73 Å². The average Bonchev–Trinajstić information content (AvgIpc) is 2.75. The van der Waals surface area contributed by atoms with Gasteiger partial charge in [-0.2, -0.15) is 0 Å². The molecule has 0 bridgehead atoms. The van der Waals surface area contributed by atoms with Gasteiger partial charge in [0.1, 0.15) is 0 Å². The van der Waals surface area contributed by atoms with Crippen LogP contribution in [-0.4, -0.2) is 6.54 Å². The van der Waals surface area contributed by atoms with E-state index in [1.807, 2.05) is 0 Å². The van der Waals surface area contributed by atoms with Gasteiger partial charge in [0.05, 0.1) is 0 Å². The van der Waals surface area contributed by atoms with Crippen molar-refractivity contribution < 1.29 is 0 Å². The Kier molecular flexibility index (Phi) is 2.47. The summed E-state index contributed by atoms with van der Waals surface area (Å²) in [5.74, 6) is 0. The van der Waals surface area contributed by atoms with Gasteiger partial charge in [-0.15, -0.1) is 0 Å². The Bertz CT molecular complexity index is 398. The summed E-state index contributed by atoms with van der Waals surface area (Å²) in [5.41, 5.74) is 9.18. The van der Waals surface area contributed by atoms with E-state index in [1.54, 1.807) is 0 Å². The molecule has 1 nitrogen and oxygen atoms in total. The summed E-state index contributed by atoms with van der Waals surface area (Å²) < 4.78 is 1.19. The third-order valence-electron chi connectivity index (χ3n) is 3.99. The molecular weight excluding hydrogens is 250 g/mol. The van der Waals surface area contributed by atoms with Crippen LogP contribution >= 0.6 is 15.9 Å². The van der Waals surface area contributed by atoms with Gasteiger partial charge in [-0.3, -0.25) is 0 Å². The number of aryl methyl sites for hydroxylation is 1. The van der Waals surface area contributed by atoms with E-state index in [0.29, 0.717) is 5.41 Å². The number of hydrogen-bond donors (Lipinski definition) is 1. The second-order valence-electron chi connectivity index (χ2n) is 5.31. The summed E-state index contributed by atoms with van der Waals surface area (Å²) in [4.78, 5) is 0. The van der Waals surface area contributed by atoms with E-state index in [0.717, 1.165) is 6.54 Å². The first-order valence-corrected chi connectivity index (χ1v) is 6.19. The Morgan fingerprint density at radius 1 is 1.40 bits per heavy atom. The first-order valence-electron chi connectivity index (χ1n) is 5.40. The lowest BCUT2D eigenvalue weighted by atomic mass is 9.87. The number of halogens is 1. The maximum absolute atomic E-state index is 5.95. The van der Waals surface area contributed by atoms with Crippen molar-refractivity contribution in [3.05, 3.63) is 33.8 Å². The molecule has 0 radical (unpaired) electrons. The molecule has 2 rings (SSSR count). The molecule has 2 heteroatoms. The fourth-order valence-electron chi connectivity index (χ4n) is 2.56. The van der Waals surface area contributed by atoms with E-state index in [9.17, 15) is 0 Å². The molecule has 1 aromatic carbocycles. The van der Waals surface area contributed by atoms with Crippen molar-refractivity contribution in [1.82, 2.24) is 0 Å². The van der Waals surface area contributed by atoms with Crippen molar-refractivity contribution in [3.8, 4) is 0 Å². The molecule has 0 aliphatic heterocycles. The molecule has 1 aliphatic rings. The van der Waals surface area contributed by atoms with E-state index in [1.165, 1.54) is 22.0 Å². The first-order chi connectivity index (χ1) is 6.93. The number of rotatable bonds is 2. The van der Waals surface area contributed by atoms with Crippen molar-refractivity contribution in [1.29, 1.82) is 0 Å². The van der Waals surface area contributed by atoms with Gasteiger partial charge < -0.3 is 5.73 Å². The largest absolute Gasteiger partial charge is 0.330 e. The summed E-state index contributed by atoms with van der Waals surface area (Å²) in [6.45, 7) is 7.46. The van der Waals surface area contributed by atoms with E-state index >= 15 is 0 Å². The topological polar surface area (TPSA) is 26.0 Å². The van der Waals surface area contributed by atoms with Crippen LogP contribution in [0.2, 0.25) is 0 Å². The second kappa shape index (κ2) is 3.33. The predicted octanol–water partition coefficient (Wildman–Crippen LogP) is 3.38. The van der Waals surface area contributed by atoms with Gasteiger partial charge in [0.2, 0.25) is 0 Å². The fourth-order valence-corrected chi connectivity index (χ4v) is 2.94. The minimum Gasteiger partial charge on any atom is -0.330 e. The van der Waals surface area contributed by atoms with Crippen LogP contribution < -0.4 is 5.73 Å². The lowest BCUT2D eigenvalue weighted by Gasteiger charge is -2.19.